The van der Waals surface area contributed by atoms with Crippen LogP contribution in [0.1, 0.15) is 46.0 Å². The zero-order valence-corrected chi connectivity index (χ0v) is 15.7. The Morgan fingerprint density at radius 3 is 2.64 bits per heavy atom. The van der Waals surface area contributed by atoms with E-state index in [1.807, 2.05) is 6.92 Å². The van der Waals surface area contributed by atoms with Crippen molar-refractivity contribution in [3.8, 4) is 0 Å². The van der Waals surface area contributed by atoms with Gasteiger partial charge in [-0.3, -0.25) is 0 Å². The van der Waals surface area contributed by atoms with Gasteiger partial charge in [0.2, 0.25) is 0 Å². The van der Waals surface area contributed by atoms with Gasteiger partial charge in [-0.25, -0.2) is 4.79 Å². The lowest BCUT2D eigenvalue weighted by atomic mass is 10.2. The van der Waals surface area contributed by atoms with Crippen molar-refractivity contribution in [3.63, 3.8) is 0 Å². The van der Waals surface area contributed by atoms with E-state index in [4.69, 9.17) is 4.74 Å². The van der Waals surface area contributed by atoms with Crippen molar-refractivity contribution in [1.82, 2.24) is 10.2 Å². The average Bonchev–Trinajstić information content (AvgIpc) is 2.98. The largest absolute Gasteiger partial charge is 0.458 e. The van der Waals surface area contributed by atoms with Gasteiger partial charge in [0.1, 0.15) is 6.10 Å². The van der Waals surface area contributed by atoms with Crippen LogP contribution in [0, 0.1) is 0 Å². The molecule has 22 heavy (non-hydrogen) atoms. The molecule has 0 saturated carbocycles. The van der Waals surface area contributed by atoms with Gasteiger partial charge in [0, 0.05) is 17.6 Å². The van der Waals surface area contributed by atoms with Crippen LogP contribution < -0.4 is 0 Å². The van der Waals surface area contributed by atoms with Crippen LogP contribution in [0.25, 0.3) is 0 Å². The number of carbonyl (C=O) groups is 1. The smallest absolute Gasteiger partial charge is 0.330 e. The van der Waals surface area contributed by atoms with Crippen LogP contribution in [0.15, 0.2) is 21.3 Å². The van der Waals surface area contributed by atoms with Crippen LogP contribution in [-0.4, -0.2) is 33.8 Å². The fourth-order valence-electron chi connectivity index (χ4n) is 1.61. The Balaban J connectivity index is 2.28. The van der Waals surface area contributed by atoms with Crippen LogP contribution in [0.3, 0.4) is 0 Å². The number of aromatic nitrogens is 2. The van der Waals surface area contributed by atoms with E-state index in [2.05, 4.69) is 23.7 Å². The van der Waals surface area contributed by atoms with E-state index in [-0.39, 0.29) is 12.1 Å². The Morgan fingerprint density at radius 1 is 1.27 bits per heavy atom. The lowest BCUT2D eigenvalue weighted by molar-refractivity contribution is -0.141. The highest BCUT2D eigenvalue weighted by molar-refractivity contribution is 8.03. The molecule has 4 nitrogen and oxygen atoms in total. The maximum atomic E-state index is 11.2. The monoisotopic (exact) mass is 360 g/mol. The molecular formula is C15H24N2O2S3. The summed E-state index contributed by atoms with van der Waals surface area (Å²) in [4.78, 5) is 11.2. The van der Waals surface area contributed by atoms with Crippen LogP contribution in [0.2, 0.25) is 0 Å². The fourth-order valence-corrected chi connectivity index (χ4v) is 4.84. The molecule has 0 N–H and O–H groups in total. The Kier molecular flexibility index (Phi) is 10.6. The molecule has 1 heterocycles. The summed E-state index contributed by atoms with van der Waals surface area (Å²) in [6, 6.07) is 0. The molecule has 0 aliphatic carbocycles. The summed E-state index contributed by atoms with van der Waals surface area (Å²) in [6.07, 6.45) is 6.96. The first-order chi connectivity index (χ1) is 10.7. The number of unbranched alkanes of at least 4 members (excludes halogenated alkanes) is 3. The maximum absolute atomic E-state index is 11.2. The first-order valence-electron chi connectivity index (χ1n) is 7.61. The maximum Gasteiger partial charge on any atom is 0.330 e. The molecule has 0 radical (unpaired) electrons. The summed E-state index contributed by atoms with van der Waals surface area (Å²) >= 11 is 4.99. The number of rotatable bonds is 12. The van der Waals surface area contributed by atoms with E-state index in [1.54, 1.807) is 34.9 Å². The van der Waals surface area contributed by atoms with E-state index < -0.39 is 0 Å². The minimum Gasteiger partial charge on any atom is -0.458 e. The van der Waals surface area contributed by atoms with Crippen LogP contribution in [0.5, 0.6) is 0 Å². The SMILES string of the molecule is C=CC(=O)OC(CC)CSc1nnc(SCCCCCC)s1. The minimum absolute atomic E-state index is 0.107. The van der Waals surface area contributed by atoms with Gasteiger partial charge in [-0.1, -0.05) is 74.5 Å². The van der Waals surface area contributed by atoms with E-state index in [9.17, 15) is 4.79 Å². The molecular weight excluding hydrogens is 336 g/mol. The molecule has 1 aromatic rings. The number of esters is 1. The third kappa shape index (κ3) is 8.19. The van der Waals surface area contributed by atoms with Gasteiger partial charge < -0.3 is 4.74 Å². The third-order valence-electron chi connectivity index (χ3n) is 2.91. The Hall–Kier alpha value is -0.530. The summed E-state index contributed by atoms with van der Waals surface area (Å²) in [5.41, 5.74) is 0. The minimum atomic E-state index is -0.368. The van der Waals surface area contributed by atoms with Crippen molar-refractivity contribution in [2.24, 2.45) is 0 Å². The van der Waals surface area contributed by atoms with Gasteiger partial charge in [-0.2, -0.15) is 0 Å². The van der Waals surface area contributed by atoms with Gasteiger partial charge >= 0.3 is 5.97 Å². The van der Waals surface area contributed by atoms with Crippen molar-refractivity contribution in [1.29, 1.82) is 0 Å². The lowest BCUT2D eigenvalue weighted by Crippen LogP contribution is -2.18. The predicted molar refractivity (Wildman–Crippen MR) is 95.9 cm³/mol. The highest BCUT2D eigenvalue weighted by atomic mass is 32.2. The molecule has 0 aromatic carbocycles. The summed E-state index contributed by atoms with van der Waals surface area (Å²) < 4.78 is 7.21. The number of carbonyl (C=O) groups excluding carboxylic acids is 1. The Labute approximate surface area is 145 Å². The van der Waals surface area contributed by atoms with Crippen LogP contribution >= 0.6 is 34.9 Å². The average molecular weight is 361 g/mol. The van der Waals surface area contributed by atoms with Crippen molar-refractivity contribution < 1.29 is 9.53 Å². The zero-order valence-electron chi connectivity index (χ0n) is 13.2. The van der Waals surface area contributed by atoms with Gasteiger partial charge in [-0.05, 0) is 12.8 Å². The number of hydrogen-bond acceptors (Lipinski definition) is 7. The van der Waals surface area contributed by atoms with Gasteiger partial charge in [0.15, 0.2) is 8.68 Å². The quantitative estimate of drug-likeness (QED) is 0.231. The Morgan fingerprint density at radius 2 is 2.00 bits per heavy atom. The van der Waals surface area contributed by atoms with Gasteiger partial charge in [0.05, 0.1) is 0 Å². The second-order valence-corrected chi connectivity index (χ2v) is 8.31. The Bertz CT molecular complexity index is 452. The molecule has 1 rings (SSSR count). The second kappa shape index (κ2) is 12.0. The van der Waals surface area contributed by atoms with Crippen molar-refractivity contribution in [3.05, 3.63) is 12.7 Å². The van der Waals surface area contributed by atoms with E-state index in [0.29, 0.717) is 5.75 Å². The molecule has 124 valence electrons. The van der Waals surface area contributed by atoms with Crippen LogP contribution in [-0.2, 0) is 9.53 Å². The highest BCUT2D eigenvalue weighted by Crippen LogP contribution is 2.30. The molecule has 1 aromatic heterocycles. The molecule has 0 bridgehead atoms. The highest BCUT2D eigenvalue weighted by Gasteiger charge is 2.13. The van der Waals surface area contributed by atoms with Crippen molar-refractivity contribution in [2.75, 3.05) is 11.5 Å². The van der Waals surface area contributed by atoms with Crippen LogP contribution in [0.4, 0.5) is 0 Å². The van der Waals surface area contributed by atoms with Gasteiger partial charge in [-0.15, -0.1) is 10.2 Å². The number of thioether (sulfide) groups is 2. The third-order valence-corrected chi connectivity index (χ3v) is 6.32. The summed E-state index contributed by atoms with van der Waals surface area (Å²) in [6.45, 7) is 7.63. The van der Waals surface area contributed by atoms with Gasteiger partial charge in [0.25, 0.3) is 0 Å². The number of ether oxygens (including phenoxy) is 1. The predicted octanol–water partition coefficient (Wildman–Crippen LogP) is 4.81. The zero-order chi connectivity index (χ0) is 16.2. The van der Waals surface area contributed by atoms with E-state index in [1.165, 1.54) is 31.8 Å². The van der Waals surface area contributed by atoms with E-state index >= 15 is 0 Å². The molecule has 0 saturated heterocycles. The van der Waals surface area contributed by atoms with Crippen molar-refractivity contribution >= 4 is 40.8 Å². The van der Waals surface area contributed by atoms with E-state index in [0.717, 1.165) is 20.9 Å². The number of hydrogen-bond donors (Lipinski definition) is 0. The first kappa shape index (κ1) is 19.5. The number of nitrogens with zero attached hydrogens (tertiary/aromatic N) is 2. The summed E-state index contributed by atoms with van der Waals surface area (Å²) in [5, 5.41) is 8.39. The second-order valence-electron chi connectivity index (χ2n) is 4.73. The first-order valence-corrected chi connectivity index (χ1v) is 10.4. The molecule has 1 atom stereocenters. The molecule has 0 amide bonds. The summed E-state index contributed by atoms with van der Waals surface area (Å²) in [7, 11) is 0. The molecule has 1 unspecified atom stereocenters. The topological polar surface area (TPSA) is 52.1 Å². The molecule has 0 fully saturated rings. The molecule has 0 aliphatic rings. The normalized spacial score (nSPS) is 12.1. The lowest BCUT2D eigenvalue weighted by Gasteiger charge is -2.13. The molecule has 0 spiro atoms. The summed E-state index contributed by atoms with van der Waals surface area (Å²) in [5.74, 6) is 1.44. The standard InChI is InChI=1S/C15H24N2O2S3/c1-4-7-8-9-10-20-14-16-17-15(22-14)21-11-12(5-2)19-13(18)6-3/h6,12H,3-5,7-11H2,1-2H3. The molecule has 0 aliphatic heterocycles. The fraction of sp³-hybridized carbons (Fsp3) is 0.667. The van der Waals surface area contributed by atoms with Crippen molar-refractivity contribution in [2.45, 2.75) is 60.7 Å². The molecule has 7 heteroatoms.